The Balaban J connectivity index is 1.97. The van der Waals surface area contributed by atoms with E-state index in [0.717, 1.165) is 12.1 Å². The third-order valence-electron chi connectivity index (χ3n) is 4.96. The summed E-state index contributed by atoms with van der Waals surface area (Å²) in [6.45, 7) is 2.85. The quantitative estimate of drug-likeness (QED) is 0.524. The van der Waals surface area contributed by atoms with E-state index in [2.05, 4.69) is 5.32 Å². The van der Waals surface area contributed by atoms with Crippen LogP contribution in [0.1, 0.15) is 25.0 Å². The highest BCUT2D eigenvalue weighted by molar-refractivity contribution is 5.95. The molecule has 3 rings (SSSR count). The molecule has 0 bridgehead atoms. The van der Waals surface area contributed by atoms with Crippen LogP contribution in [0.3, 0.4) is 0 Å². The molecule has 3 aromatic carbocycles. The summed E-state index contributed by atoms with van der Waals surface area (Å²) in [6, 6.07) is 16.8. The molecule has 0 fully saturated rings. The van der Waals surface area contributed by atoms with Gasteiger partial charge in [0.05, 0.1) is 0 Å². The van der Waals surface area contributed by atoms with E-state index in [-0.39, 0.29) is 22.6 Å². The summed E-state index contributed by atoms with van der Waals surface area (Å²) in [6.07, 6.45) is 0. The smallest absolute Gasteiger partial charge is 0.262 e. The van der Waals surface area contributed by atoms with Gasteiger partial charge in [-0.15, -0.1) is 0 Å². The second kappa shape index (κ2) is 8.76. The highest BCUT2D eigenvalue weighted by Crippen LogP contribution is 2.33. The van der Waals surface area contributed by atoms with Crippen LogP contribution in [0.4, 0.5) is 8.78 Å². The van der Waals surface area contributed by atoms with Crippen molar-refractivity contribution in [1.29, 1.82) is 0 Å². The van der Waals surface area contributed by atoms with Crippen LogP contribution in [0.25, 0.3) is 0 Å². The molecule has 8 heteroatoms. The predicted molar refractivity (Wildman–Crippen MR) is 114 cm³/mol. The van der Waals surface area contributed by atoms with Crippen molar-refractivity contribution in [1.82, 2.24) is 5.32 Å². The first-order valence-electron chi connectivity index (χ1n) is 9.68. The second-order valence-electron chi connectivity index (χ2n) is 7.72. The molecule has 0 saturated heterocycles. The monoisotopic (exact) mass is 440 g/mol. The number of nitrogens with one attached hydrogen (secondary N) is 1. The largest absolute Gasteiger partial charge is 0.454 e. The maximum absolute atomic E-state index is 13.9. The van der Waals surface area contributed by atoms with E-state index in [4.69, 9.17) is 10.5 Å². The van der Waals surface area contributed by atoms with Gasteiger partial charge >= 0.3 is 0 Å². The molecule has 4 N–H and O–H groups in total. The van der Waals surface area contributed by atoms with Gasteiger partial charge in [-0.25, -0.2) is 8.78 Å². The predicted octanol–water partition coefficient (Wildman–Crippen LogP) is 3.37. The van der Waals surface area contributed by atoms with Gasteiger partial charge in [-0.3, -0.25) is 9.59 Å². The minimum Gasteiger partial charge on any atom is -0.454 e. The van der Waals surface area contributed by atoms with Crippen molar-refractivity contribution in [2.75, 3.05) is 0 Å². The van der Waals surface area contributed by atoms with Gasteiger partial charge in [0.25, 0.3) is 5.91 Å². The number of hydrogen-bond acceptors (Lipinski definition) is 4. The van der Waals surface area contributed by atoms with E-state index < -0.39 is 34.6 Å². The Bertz CT molecular complexity index is 1130. The SMILES string of the molecule is CC(C)(NC(=O)C(O)(c1ccccc1)c1ccc(Oc2ccc(F)cc2F)cc1)C(N)=O. The minimum absolute atomic E-state index is 0.174. The van der Waals surface area contributed by atoms with E-state index in [1.807, 2.05) is 0 Å². The Morgan fingerprint density at radius 1 is 0.938 bits per heavy atom. The summed E-state index contributed by atoms with van der Waals surface area (Å²) in [5, 5.41) is 14.0. The molecular formula is C24H22F2N2O4. The van der Waals surface area contributed by atoms with Gasteiger partial charge in [-0.05, 0) is 49.2 Å². The number of hydrogen-bond donors (Lipinski definition) is 3. The van der Waals surface area contributed by atoms with Crippen molar-refractivity contribution in [3.63, 3.8) is 0 Å². The van der Waals surface area contributed by atoms with Crippen molar-refractivity contribution in [3.05, 3.63) is 95.6 Å². The van der Waals surface area contributed by atoms with E-state index in [1.54, 1.807) is 30.3 Å². The van der Waals surface area contributed by atoms with Crippen molar-refractivity contribution >= 4 is 11.8 Å². The third kappa shape index (κ3) is 4.60. The van der Waals surface area contributed by atoms with Gasteiger partial charge < -0.3 is 20.9 Å². The number of ether oxygens (including phenoxy) is 1. The fourth-order valence-electron chi connectivity index (χ4n) is 2.99. The maximum atomic E-state index is 13.9. The van der Waals surface area contributed by atoms with Crippen LogP contribution in [0.5, 0.6) is 11.5 Å². The normalized spacial score (nSPS) is 13.2. The molecule has 2 amide bonds. The van der Waals surface area contributed by atoms with Crippen molar-refractivity contribution in [2.24, 2.45) is 5.73 Å². The van der Waals surface area contributed by atoms with Crippen molar-refractivity contribution in [2.45, 2.75) is 25.0 Å². The van der Waals surface area contributed by atoms with Crippen LogP contribution in [0.2, 0.25) is 0 Å². The zero-order chi connectivity index (χ0) is 23.5. The highest BCUT2D eigenvalue weighted by Gasteiger charge is 2.43. The Morgan fingerprint density at radius 2 is 1.53 bits per heavy atom. The number of primary amides is 1. The van der Waals surface area contributed by atoms with E-state index >= 15 is 0 Å². The Morgan fingerprint density at radius 3 is 2.09 bits per heavy atom. The molecule has 166 valence electrons. The first-order chi connectivity index (χ1) is 15.0. The number of benzene rings is 3. The van der Waals surface area contributed by atoms with Crippen molar-refractivity contribution in [3.8, 4) is 11.5 Å². The van der Waals surface area contributed by atoms with E-state index in [9.17, 15) is 23.5 Å². The Labute approximate surface area is 183 Å². The fraction of sp³-hybridized carbons (Fsp3) is 0.167. The van der Waals surface area contributed by atoms with Crippen LogP contribution in [0, 0.1) is 11.6 Å². The average molecular weight is 440 g/mol. The lowest BCUT2D eigenvalue weighted by molar-refractivity contribution is -0.141. The van der Waals surface area contributed by atoms with E-state index in [1.165, 1.54) is 38.1 Å². The van der Waals surface area contributed by atoms with Gasteiger partial charge in [0, 0.05) is 6.07 Å². The van der Waals surface area contributed by atoms with Gasteiger partial charge in [0.15, 0.2) is 17.2 Å². The average Bonchev–Trinajstić information content (AvgIpc) is 2.76. The highest BCUT2D eigenvalue weighted by atomic mass is 19.1. The number of nitrogens with two attached hydrogens (primary N) is 1. The first kappa shape index (κ1) is 22.9. The molecule has 0 aliphatic carbocycles. The topological polar surface area (TPSA) is 102 Å². The molecule has 0 radical (unpaired) electrons. The molecule has 1 atom stereocenters. The zero-order valence-corrected chi connectivity index (χ0v) is 17.4. The second-order valence-corrected chi connectivity index (χ2v) is 7.72. The maximum Gasteiger partial charge on any atom is 0.262 e. The molecule has 6 nitrogen and oxygen atoms in total. The van der Waals surface area contributed by atoms with Crippen molar-refractivity contribution < 1.29 is 28.2 Å². The number of amides is 2. The minimum atomic E-state index is -2.16. The lowest BCUT2D eigenvalue weighted by Gasteiger charge is -2.32. The molecular weight excluding hydrogens is 418 g/mol. The van der Waals surface area contributed by atoms with Gasteiger partial charge in [-0.2, -0.15) is 0 Å². The molecule has 0 spiro atoms. The summed E-state index contributed by atoms with van der Waals surface area (Å²) in [4.78, 5) is 24.8. The summed E-state index contributed by atoms with van der Waals surface area (Å²) in [7, 11) is 0. The summed E-state index contributed by atoms with van der Waals surface area (Å²) < 4.78 is 32.4. The van der Waals surface area contributed by atoms with Gasteiger partial charge in [0.2, 0.25) is 5.91 Å². The van der Waals surface area contributed by atoms with Crippen LogP contribution in [0.15, 0.2) is 72.8 Å². The van der Waals surface area contributed by atoms with Crippen LogP contribution < -0.4 is 15.8 Å². The fourth-order valence-corrected chi connectivity index (χ4v) is 2.99. The number of aliphatic hydroxyl groups is 1. The summed E-state index contributed by atoms with van der Waals surface area (Å²) in [5.41, 5.74) is 2.21. The van der Waals surface area contributed by atoms with E-state index in [0.29, 0.717) is 6.07 Å². The molecule has 32 heavy (non-hydrogen) atoms. The zero-order valence-electron chi connectivity index (χ0n) is 17.4. The lowest BCUT2D eigenvalue weighted by Crippen LogP contribution is -2.58. The molecule has 0 aromatic heterocycles. The van der Waals surface area contributed by atoms with Gasteiger partial charge in [-0.1, -0.05) is 42.5 Å². The van der Waals surface area contributed by atoms with Crippen LogP contribution in [-0.2, 0) is 15.2 Å². The molecule has 1 unspecified atom stereocenters. The summed E-state index contributed by atoms with van der Waals surface area (Å²) >= 11 is 0. The number of halogens is 2. The first-order valence-corrected chi connectivity index (χ1v) is 9.68. The number of carbonyl (C=O) groups excluding carboxylic acids is 2. The van der Waals surface area contributed by atoms with Gasteiger partial charge in [0.1, 0.15) is 17.1 Å². The van der Waals surface area contributed by atoms with Crippen LogP contribution in [-0.4, -0.2) is 22.5 Å². The molecule has 0 heterocycles. The molecule has 0 saturated carbocycles. The third-order valence-corrected chi connectivity index (χ3v) is 4.96. The Hall–Kier alpha value is -3.78. The lowest BCUT2D eigenvalue weighted by atomic mass is 9.84. The number of carbonyl (C=O) groups is 2. The standard InChI is InChI=1S/C24H22F2N2O4/c1-23(2,21(27)29)28-22(30)24(31,15-6-4-3-5-7-15)16-8-11-18(12-9-16)32-20-13-10-17(25)14-19(20)26/h3-14,31H,1-2H3,(H2,27,29)(H,28,30). The molecule has 0 aliphatic heterocycles. The summed E-state index contributed by atoms with van der Waals surface area (Å²) in [5.74, 6) is -3.21. The molecule has 0 aliphatic rings. The number of rotatable bonds is 7. The Kier molecular flexibility index (Phi) is 6.27. The molecule has 3 aromatic rings. The van der Waals surface area contributed by atoms with Crippen LogP contribution >= 0.6 is 0 Å².